The van der Waals surface area contributed by atoms with Gasteiger partial charge in [0.25, 0.3) is 5.91 Å². The van der Waals surface area contributed by atoms with Gasteiger partial charge in [-0.15, -0.1) is 0 Å². The summed E-state index contributed by atoms with van der Waals surface area (Å²) in [6.07, 6.45) is 4.38. The number of hydrogen-bond acceptors (Lipinski definition) is 3. The van der Waals surface area contributed by atoms with Crippen LogP contribution in [-0.4, -0.2) is 25.0 Å². The quantitative estimate of drug-likeness (QED) is 0.700. The first-order chi connectivity index (χ1) is 11.7. The Balaban J connectivity index is 1.86. The van der Waals surface area contributed by atoms with Gasteiger partial charge < -0.3 is 9.72 Å². The number of amides is 1. The van der Waals surface area contributed by atoms with Crippen LogP contribution in [0.2, 0.25) is 10.0 Å². The second-order valence-electron chi connectivity index (χ2n) is 5.47. The molecule has 0 saturated carbocycles. The second kappa shape index (κ2) is 6.59. The zero-order valence-electron chi connectivity index (χ0n) is 13.0. The number of anilines is 2. The zero-order chi connectivity index (χ0) is 18.2. The number of nitrogens with one attached hydrogen (secondary N) is 2. The molecule has 3 rings (SSSR count). The average molecular weight is 398 g/mol. The molecule has 0 aliphatic rings. The number of halogens is 2. The summed E-state index contributed by atoms with van der Waals surface area (Å²) in [6.45, 7) is 0. The lowest BCUT2D eigenvalue weighted by Crippen LogP contribution is -2.13. The standard InChI is InChI=1S/C16H13Cl2N3O3S/c1-25(23,24)20-14-6-12(18)5-13(7-14)19-16(22)10-4-15-3-2-11(17)9-21(15)8-10/h2-9,20H,1H3,(H,19,22). The summed E-state index contributed by atoms with van der Waals surface area (Å²) in [7, 11) is -3.45. The lowest BCUT2D eigenvalue weighted by molar-refractivity contribution is 0.102. The Morgan fingerprint density at radius 2 is 1.72 bits per heavy atom. The average Bonchev–Trinajstić information content (AvgIpc) is 2.87. The fourth-order valence-electron chi connectivity index (χ4n) is 2.34. The molecular weight excluding hydrogens is 385 g/mol. The van der Waals surface area contributed by atoms with Crippen LogP contribution in [0.3, 0.4) is 0 Å². The van der Waals surface area contributed by atoms with E-state index in [0.29, 0.717) is 16.3 Å². The van der Waals surface area contributed by atoms with Crippen LogP contribution < -0.4 is 10.0 Å². The number of nitrogens with zero attached hydrogens (tertiary/aromatic N) is 1. The number of carbonyl (C=O) groups excluding carboxylic acids is 1. The predicted octanol–water partition coefficient (Wildman–Crippen LogP) is 3.87. The molecule has 1 aromatic carbocycles. The van der Waals surface area contributed by atoms with E-state index in [1.54, 1.807) is 35.0 Å². The molecule has 9 heteroatoms. The molecule has 0 aliphatic heterocycles. The summed E-state index contributed by atoms with van der Waals surface area (Å²) in [5, 5.41) is 3.54. The molecule has 6 nitrogen and oxygen atoms in total. The molecule has 0 bridgehead atoms. The number of carbonyl (C=O) groups is 1. The van der Waals surface area contributed by atoms with Gasteiger partial charge in [-0.25, -0.2) is 8.42 Å². The summed E-state index contributed by atoms with van der Waals surface area (Å²) in [4.78, 5) is 12.4. The molecule has 1 amide bonds. The minimum Gasteiger partial charge on any atom is -0.322 e. The third-order valence-electron chi connectivity index (χ3n) is 3.28. The summed E-state index contributed by atoms with van der Waals surface area (Å²) < 4.78 is 26.7. The number of aromatic nitrogens is 1. The van der Waals surface area contributed by atoms with E-state index in [0.717, 1.165) is 11.8 Å². The molecule has 0 unspecified atom stereocenters. The van der Waals surface area contributed by atoms with Crippen LogP contribution in [0.25, 0.3) is 5.52 Å². The summed E-state index contributed by atoms with van der Waals surface area (Å²) >= 11 is 11.9. The van der Waals surface area contributed by atoms with E-state index in [-0.39, 0.29) is 16.6 Å². The van der Waals surface area contributed by atoms with Gasteiger partial charge in [0.15, 0.2) is 0 Å². The molecule has 2 N–H and O–H groups in total. The number of sulfonamides is 1. The van der Waals surface area contributed by atoms with Crippen LogP contribution in [0.4, 0.5) is 11.4 Å². The highest BCUT2D eigenvalue weighted by atomic mass is 35.5. The van der Waals surface area contributed by atoms with Gasteiger partial charge in [0, 0.05) is 28.6 Å². The molecule has 2 heterocycles. The molecule has 0 atom stereocenters. The maximum Gasteiger partial charge on any atom is 0.257 e. The largest absolute Gasteiger partial charge is 0.322 e. The molecule has 0 spiro atoms. The Labute approximate surface area is 154 Å². The monoisotopic (exact) mass is 397 g/mol. The van der Waals surface area contributed by atoms with Gasteiger partial charge in [0.1, 0.15) is 0 Å². The number of fused-ring (bicyclic) bond motifs is 1. The fourth-order valence-corrected chi connectivity index (χ4v) is 3.29. The number of rotatable bonds is 4. The normalized spacial score (nSPS) is 11.5. The van der Waals surface area contributed by atoms with Gasteiger partial charge in [-0.1, -0.05) is 23.2 Å². The lowest BCUT2D eigenvalue weighted by Gasteiger charge is -2.09. The van der Waals surface area contributed by atoms with Crippen LogP contribution in [0.15, 0.2) is 48.8 Å². The molecule has 0 saturated heterocycles. The Bertz CT molecular complexity index is 1080. The minimum atomic E-state index is -3.45. The number of hydrogen-bond donors (Lipinski definition) is 2. The second-order valence-corrected chi connectivity index (χ2v) is 8.09. The lowest BCUT2D eigenvalue weighted by atomic mass is 10.2. The van der Waals surface area contributed by atoms with E-state index < -0.39 is 10.0 Å². The van der Waals surface area contributed by atoms with Crippen molar-refractivity contribution >= 4 is 56.0 Å². The van der Waals surface area contributed by atoms with Crippen molar-refractivity contribution in [2.24, 2.45) is 0 Å². The number of benzene rings is 1. The Morgan fingerprint density at radius 1 is 1.00 bits per heavy atom. The summed E-state index contributed by atoms with van der Waals surface area (Å²) in [5.74, 6) is -0.354. The molecule has 130 valence electrons. The minimum absolute atomic E-state index is 0.263. The van der Waals surface area contributed by atoms with Crippen molar-refractivity contribution in [1.29, 1.82) is 0 Å². The van der Waals surface area contributed by atoms with Gasteiger partial charge in [0.05, 0.1) is 22.5 Å². The predicted molar refractivity (Wildman–Crippen MR) is 100 cm³/mol. The van der Waals surface area contributed by atoms with Gasteiger partial charge in [0.2, 0.25) is 10.0 Å². The van der Waals surface area contributed by atoms with E-state index in [9.17, 15) is 13.2 Å². The molecule has 3 aromatic rings. The van der Waals surface area contributed by atoms with Crippen LogP contribution in [0, 0.1) is 0 Å². The molecule has 0 radical (unpaired) electrons. The van der Waals surface area contributed by atoms with Crippen molar-refractivity contribution in [3.63, 3.8) is 0 Å². The van der Waals surface area contributed by atoms with Crippen molar-refractivity contribution in [1.82, 2.24) is 4.40 Å². The third kappa shape index (κ3) is 4.45. The fraction of sp³-hybridized carbons (Fsp3) is 0.0625. The SMILES string of the molecule is CS(=O)(=O)Nc1cc(Cl)cc(NC(=O)c2cc3ccc(Cl)cn3c2)c1. The van der Waals surface area contributed by atoms with Crippen LogP contribution in [0.1, 0.15) is 10.4 Å². The first-order valence-electron chi connectivity index (χ1n) is 7.07. The molecule has 2 aromatic heterocycles. The number of pyridine rings is 1. The molecule has 25 heavy (non-hydrogen) atoms. The highest BCUT2D eigenvalue weighted by Crippen LogP contribution is 2.24. The van der Waals surface area contributed by atoms with E-state index in [1.807, 2.05) is 0 Å². The van der Waals surface area contributed by atoms with Crippen molar-refractivity contribution < 1.29 is 13.2 Å². The van der Waals surface area contributed by atoms with Gasteiger partial charge >= 0.3 is 0 Å². The Kier molecular flexibility index (Phi) is 4.64. The Morgan fingerprint density at radius 3 is 2.44 bits per heavy atom. The topological polar surface area (TPSA) is 79.7 Å². The summed E-state index contributed by atoms with van der Waals surface area (Å²) in [6, 6.07) is 9.71. The van der Waals surface area contributed by atoms with Crippen LogP contribution >= 0.6 is 23.2 Å². The highest BCUT2D eigenvalue weighted by molar-refractivity contribution is 7.92. The smallest absolute Gasteiger partial charge is 0.257 e. The van der Waals surface area contributed by atoms with E-state index >= 15 is 0 Å². The molecule has 0 fully saturated rings. The van der Waals surface area contributed by atoms with Crippen molar-refractivity contribution in [3.8, 4) is 0 Å². The molecule has 0 aliphatic carbocycles. The maximum absolute atomic E-state index is 12.4. The van der Waals surface area contributed by atoms with Crippen molar-refractivity contribution in [3.05, 3.63) is 64.4 Å². The van der Waals surface area contributed by atoms with Crippen LogP contribution in [-0.2, 0) is 10.0 Å². The van der Waals surface area contributed by atoms with Gasteiger partial charge in [-0.3, -0.25) is 9.52 Å². The van der Waals surface area contributed by atoms with E-state index in [4.69, 9.17) is 23.2 Å². The summed E-state index contributed by atoms with van der Waals surface area (Å²) in [5.41, 5.74) is 1.89. The highest BCUT2D eigenvalue weighted by Gasteiger charge is 2.11. The van der Waals surface area contributed by atoms with Crippen molar-refractivity contribution in [2.45, 2.75) is 0 Å². The van der Waals surface area contributed by atoms with Gasteiger partial charge in [-0.05, 0) is 36.4 Å². The third-order valence-corrected chi connectivity index (χ3v) is 4.32. The maximum atomic E-state index is 12.4. The molecular formula is C16H13Cl2N3O3S. The van der Waals surface area contributed by atoms with E-state index in [1.165, 1.54) is 18.2 Å². The zero-order valence-corrected chi connectivity index (χ0v) is 15.3. The Hall–Kier alpha value is -2.22. The first kappa shape index (κ1) is 17.6. The van der Waals surface area contributed by atoms with Crippen LogP contribution in [0.5, 0.6) is 0 Å². The van der Waals surface area contributed by atoms with E-state index in [2.05, 4.69) is 10.0 Å². The van der Waals surface area contributed by atoms with Crippen molar-refractivity contribution in [2.75, 3.05) is 16.3 Å². The first-order valence-corrected chi connectivity index (χ1v) is 9.71. The van der Waals surface area contributed by atoms with Gasteiger partial charge in [-0.2, -0.15) is 0 Å².